The van der Waals surface area contributed by atoms with Crippen LogP contribution in [-0.2, 0) is 9.53 Å². The molecule has 0 spiro atoms. The lowest BCUT2D eigenvalue weighted by Crippen LogP contribution is -2.58. The van der Waals surface area contributed by atoms with Crippen LogP contribution in [0, 0.1) is 0 Å². The summed E-state index contributed by atoms with van der Waals surface area (Å²) in [5.74, 6) is -0.122. The minimum absolute atomic E-state index is 0.122. The number of nitrogens with one attached hydrogen (secondary N) is 1. The van der Waals surface area contributed by atoms with E-state index in [1.165, 1.54) is 19.3 Å². The molecule has 4 nitrogen and oxygen atoms in total. The number of hydrogen-bond donors (Lipinski definition) is 1. The maximum atomic E-state index is 11.7. The fraction of sp³-hybridized carbons (Fsp3) is 0.923. The average molecular weight is 242 g/mol. The molecule has 0 amide bonds. The van der Waals surface area contributed by atoms with Crippen molar-refractivity contribution in [2.24, 2.45) is 0 Å². The lowest BCUT2D eigenvalue weighted by molar-refractivity contribution is -0.146. The van der Waals surface area contributed by atoms with Crippen LogP contribution >= 0.6 is 0 Å². The Morgan fingerprint density at radius 2 is 2.06 bits per heavy atom. The Bertz CT molecular complexity index is 250. The van der Waals surface area contributed by atoms with E-state index in [1.54, 1.807) is 0 Å². The van der Waals surface area contributed by atoms with Crippen molar-refractivity contribution in [1.29, 1.82) is 0 Å². The maximum absolute atomic E-state index is 11.7. The quantitative estimate of drug-likeness (QED) is 0.685. The molecule has 0 saturated heterocycles. The lowest BCUT2D eigenvalue weighted by Gasteiger charge is -2.48. The molecule has 1 atom stereocenters. The molecule has 100 valence electrons. The van der Waals surface area contributed by atoms with Crippen molar-refractivity contribution in [2.75, 3.05) is 27.2 Å². The van der Waals surface area contributed by atoms with Crippen LogP contribution in [0.4, 0.5) is 0 Å². The van der Waals surface area contributed by atoms with E-state index in [-0.39, 0.29) is 17.6 Å². The molecule has 1 N–H and O–H groups in total. The predicted octanol–water partition coefficient (Wildman–Crippen LogP) is 1.40. The van der Waals surface area contributed by atoms with Gasteiger partial charge in [0.1, 0.15) is 6.04 Å². The Morgan fingerprint density at radius 3 is 2.41 bits per heavy atom. The normalized spacial score (nSPS) is 19.8. The first kappa shape index (κ1) is 14.5. The van der Waals surface area contributed by atoms with E-state index >= 15 is 0 Å². The molecule has 1 rings (SSSR count). The first-order valence-corrected chi connectivity index (χ1v) is 6.63. The fourth-order valence-electron chi connectivity index (χ4n) is 2.32. The highest BCUT2D eigenvalue weighted by atomic mass is 16.5. The van der Waals surface area contributed by atoms with Crippen molar-refractivity contribution in [3.63, 3.8) is 0 Å². The van der Waals surface area contributed by atoms with Crippen molar-refractivity contribution in [2.45, 2.75) is 51.1 Å². The van der Waals surface area contributed by atoms with E-state index in [2.05, 4.69) is 24.3 Å². The highest BCUT2D eigenvalue weighted by molar-refractivity contribution is 5.75. The molecule has 1 unspecified atom stereocenters. The second-order valence-electron chi connectivity index (χ2n) is 5.07. The summed E-state index contributed by atoms with van der Waals surface area (Å²) in [5, 5.41) is 3.36. The second-order valence-corrected chi connectivity index (χ2v) is 5.07. The van der Waals surface area contributed by atoms with Crippen LogP contribution < -0.4 is 5.32 Å². The summed E-state index contributed by atoms with van der Waals surface area (Å²) in [5.41, 5.74) is 0.250. The molecule has 4 heteroatoms. The van der Waals surface area contributed by atoms with Gasteiger partial charge < -0.3 is 15.0 Å². The SMILES string of the molecule is CCOC(=O)C(CC)NCC1(N(C)C)CCC1. The van der Waals surface area contributed by atoms with E-state index in [1.807, 2.05) is 13.8 Å². The topological polar surface area (TPSA) is 41.6 Å². The molecule has 0 aromatic carbocycles. The van der Waals surface area contributed by atoms with Gasteiger partial charge in [-0.1, -0.05) is 6.92 Å². The van der Waals surface area contributed by atoms with Gasteiger partial charge in [0.25, 0.3) is 0 Å². The smallest absolute Gasteiger partial charge is 0.323 e. The number of carbonyl (C=O) groups excluding carboxylic acids is 1. The van der Waals surface area contributed by atoms with Crippen molar-refractivity contribution in [3.8, 4) is 0 Å². The van der Waals surface area contributed by atoms with Crippen LogP contribution in [0.2, 0.25) is 0 Å². The van der Waals surface area contributed by atoms with Crippen LogP contribution in [0.25, 0.3) is 0 Å². The molecule has 0 aromatic rings. The van der Waals surface area contributed by atoms with E-state index < -0.39 is 0 Å². The lowest BCUT2D eigenvalue weighted by atomic mass is 9.75. The molecule has 17 heavy (non-hydrogen) atoms. The number of likely N-dealkylation sites (N-methyl/N-ethyl adjacent to an activating group) is 1. The van der Waals surface area contributed by atoms with Crippen molar-refractivity contribution in [3.05, 3.63) is 0 Å². The minimum Gasteiger partial charge on any atom is -0.465 e. The van der Waals surface area contributed by atoms with Gasteiger partial charge >= 0.3 is 5.97 Å². The summed E-state index contributed by atoms with van der Waals surface area (Å²) in [6, 6.07) is -0.160. The summed E-state index contributed by atoms with van der Waals surface area (Å²) in [6.07, 6.45) is 4.50. The van der Waals surface area contributed by atoms with Gasteiger partial charge in [-0.05, 0) is 46.7 Å². The molecule has 1 aliphatic rings. The number of rotatable bonds is 7. The largest absolute Gasteiger partial charge is 0.465 e. The summed E-state index contributed by atoms with van der Waals surface area (Å²) in [7, 11) is 4.23. The molecule has 0 bridgehead atoms. The zero-order valence-electron chi connectivity index (χ0n) is 11.6. The first-order valence-electron chi connectivity index (χ1n) is 6.63. The average Bonchev–Trinajstić information content (AvgIpc) is 2.21. The summed E-state index contributed by atoms with van der Waals surface area (Å²) in [4.78, 5) is 13.9. The molecule has 1 saturated carbocycles. The monoisotopic (exact) mass is 242 g/mol. The third-order valence-corrected chi connectivity index (χ3v) is 3.89. The van der Waals surface area contributed by atoms with Gasteiger partial charge in [-0.25, -0.2) is 0 Å². The van der Waals surface area contributed by atoms with Crippen molar-refractivity contribution >= 4 is 5.97 Å². The third kappa shape index (κ3) is 3.42. The third-order valence-electron chi connectivity index (χ3n) is 3.89. The summed E-state index contributed by atoms with van der Waals surface area (Å²) in [6.45, 7) is 5.18. The van der Waals surface area contributed by atoms with Crippen LogP contribution in [0.15, 0.2) is 0 Å². The van der Waals surface area contributed by atoms with Gasteiger partial charge in [0.2, 0.25) is 0 Å². The van der Waals surface area contributed by atoms with Gasteiger partial charge in [-0.15, -0.1) is 0 Å². The highest BCUT2D eigenvalue weighted by Gasteiger charge is 2.39. The Morgan fingerprint density at radius 1 is 1.41 bits per heavy atom. The van der Waals surface area contributed by atoms with Gasteiger partial charge in [-0.2, -0.15) is 0 Å². The highest BCUT2D eigenvalue weighted by Crippen LogP contribution is 2.35. The van der Waals surface area contributed by atoms with Crippen LogP contribution in [0.3, 0.4) is 0 Å². The number of nitrogens with zero attached hydrogens (tertiary/aromatic N) is 1. The Balaban J connectivity index is 2.44. The first-order chi connectivity index (χ1) is 8.05. The number of ether oxygens (including phenoxy) is 1. The van der Waals surface area contributed by atoms with Gasteiger partial charge in [0.05, 0.1) is 6.61 Å². The Hall–Kier alpha value is -0.610. The van der Waals surface area contributed by atoms with Gasteiger partial charge in [0, 0.05) is 12.1 Å². The number of esters is 1. The zero-order valence-corrected chi connectivity index (χ0v) is 11.6. The van der Waals surface area contributed by atoms with Crippen LogP contribution in [0.1, 0.15) is 39.5 Å². The molecule has 1 aliphatic carbocycles. The number of carbonyl (C=O) groups is 1. The van der Waals surface area contributed by atoms with E-state index in [0.29, 0.717) is 6.61 Å². The molecule has 1 fully saturated rings. The molecule has 0 aliphatic heterocycles. The fourth-order valence-corrected chi connectivity index (χ4v) is 2.32. The van der Waals surface area contributed by atoms with E-state index in [4.69, 9.17) is 4.74 Å². The van der Waals surface area contributed by atoms with Crippen molar-refractivity contribution < 1.29 is 9.53 Å². The summed E-state index contributed by atoms with van der Waals surface area (Å²) < 4.78 is 5.06. The van der Waals surface area contributed by atoms with Crippen molar-refractivity contribution in [1.82, 2.24) is 10.2 Å². The van der Waals surface area contributed by atoms with E-state index in [9.17, 15) is 4.79 Å². The standard InChI is InChI=1S/C13H26N2O2/c1-5-11(12(16)17-6-2)14-10-13(15(3)4)8-7-9-13/h11,14H,5-10H2,1-4H3. The Labute approximate surface area is 105 Å². The van der Waals surface area contributed by atoms with Gasteiger partial charge in [-0.3, -0.25) is 4.79 Å². The zero-order chi connectivity index (χ0) is 12.9. The summed E-state index contributed by atoms with van der Waals surface area (Å²) >= 11 is 0. The van der Waals surface area contributed by atoms with Gasteiger partial charge in [0.15, 0.2) is 0 Å². The maximum Gasteiger partial charge on any atom is 0.323 e. The molecular weight excluding hydrogens is 216 g/mol. The molecule has 0 radical (unpaired) electrons. The molecule has 0 aromatic heterocycles. The van der Waals surface area contributed by atoms with Crippen LogP contribution in [-0.4, -0.2) is 49.7 Å². The van der Waals surface area contributed by atoms with E-state index in [0.717, 1.165) is 13.0 Å². The number of hydrogen-bond acceptors (Lipinski definition) is 4. The molecular formula is C13H26N2O2. The second kappa shape index (κ2) is 6.36. The predicted molar refractivity (Wildman–Crippen MR) is 69.0 cm³/mol. The molecule has 0 heterocycles. The minimum atomic E-state index is -0.160. The van der Waals surface area contributed by atoms with Crippen LogP contribution in [0.5, 0.6) is 0 Å². The Kier molecular flexibility index (Phi) is 5.40.